The fourth-order valence-electron chi connectivity index (χ4n) is 4.32. The van der Waals surface area contributed by atoms with Gasteiger partial charge in [0.05, 0.1) is 28.3 Å². The van der Waals surface area contributed by atoms with Crippen LogP contribution in [0.2, 0.25) is 0 Å². The SMILES string of the molecule is CCS(=O)(=O)c1ccc(CNC(=O)c2ccc3c(c2)nc(C[C@H]2CC[C@@H](C(F)(F)F)OC2)n3C)cc1. The first-order valence-corrected chi connectivity index (χ1v) is 13.4. The molecule has 0 unspecified atom stereocenters. The summed E-state index contributed by atoms with van der Waals surface area (Å²) in [5, 5.41) is 2.82. The third kappa shape index (κ3) is 5.73. The number of benzene rings is 2. The first kappa shape index (κ1) is 26.2. The van der Waals surface area contributed by atoms with E-state index in [0.29, 0.717) is 23.9 Å². The van der Waals surface area contributed by atoms with Crippen LogP contribution in [0, 0.1) is 5.92 Å². The van der Waals surface area contributed by atoms with Gasteiger partial charge < -0.3 is 14.6 Å². The Bertz CT molecular complexity index is 1340. The predicted molar refractivity (Wildman–Crippen MR) is 128 cm³/mol. The Labute approximate surface area is 207 Å². The zero-order chi connectivity index (χ0) is 26.1. The Morgan fingerprint density at radius 1 is 1.17 bits per heavy atom. The molecule has 1 saturated heterocycles. The molecule has 0 saturated carbocycles. The fourth-order valence-corrected chi connectivity index (χ4v) is 5.21. The molecule has 194 valence electrons. The molecule has 4 rings (SSSR count). The van der Waals surface area contributed by atoms with Crippen molar-refractivity contribution in [2.45, 2.75) is 49.9 Å². The van der Waals surface area contributed by atoms with Crippen molar-refractivity contribution in [3.63, 3.8) is 0 Å². The van der Waals surface area contributed by atoms with Gasteiger partial charge in [0.2, 0.25) is 0 Å². The molecule has 0 radical (unpaired) electrons. The van der Waals surface area contributed by atoms with Crippen LogP contribution >= 0.6 is 0 Å². The molecule has 1 fully saturated rings. The molecule has 0 aliphatic carbocycles. The number of carbonyl (C=O) groups excluding carboxylic acids is 1. The monoisotopic (exact) mass is 523 g/mol. The van der Waals surface area contributed by atoms with E-state index in [1.807, 2.05) is 11.6 Å². The number of rotatable bonds is 7. The van der Waals surface area contributed by atoms with E-state index in [9.17, 15) is 26.4 Å². The Hall–Kier alpha value is -2.92. The van der Waals surface area contributed by atoms with E-state index in [4.69, 9.17) is 4.74 Å². The second-order valence-electron chi connectivity index (χ2n) is 9.03. The average Bonchev–Trinajstić information content (AvgIpc) is 3.16. The maximum atomic E-state index is 12.8. The van der Waals surface area contributed by atoms with Gasteiger partial charge >= 0.3 is 6.18 Å². The molecule has 11 heteroatoms. The number of nitrogens with one attached hydrogen (secondary N) is 1. The molecule has 0 bridgehead atoms. The van der Waals surface area contributed by atoms with Crippen molar-refractivity contribution in [3.05, 3.63) is 59.4 Å². The van der Waals surface area contributed by atoms with E-state index >= 15 is 0 Å². The molecule has 1 aromatic heterocycles. The van der Waals surface area contributed by atoms with Crippen LogP contribution in [0.5, 0.6) is 0 Å². The maximum absolute atomic E-state index is 12.8. The molecule has 1 amide bonds. The normalized spacial score (nSPS) is 18.9. The van der Waals surface area contributed by atoms with Crippen molar-refractivity contribution in [3.8, 4) is 0 Å². The smallest absolute Gasteiger partial charge is 0.368 e. The summed E-state index contributed by atoms with van der Waals surface area (Å²) in [7, 11) is -1.44. The number of ether oxygens (including phenoxy) is 1. The van der Waals surface area contributed by atoms with E-state index in [0.717, 1.165) is 16.9 Å². The minimum Gasteiger partial charge on any atom is -0.368 e. The maximum Gasteiger partial charge on any atom is 0.414 e. The summed E-state index contributed by atoms with van der Waals surface area (Å²) < 4.78 is 69.3. The van der Waals surface area contributed by atoms with Gasteiger partial charge in [-0.25, -0.2) is 13.4 Å². The number of aryl methyl sites for hydroxylation is 1. The molecular formula is C25H28F3N3O4S. The number of nitrogens with zero attached hydrogens (tertiary/aromatic N) is 2. The molecule has 2 heterocycles. The summed E-state index contributed by atoms with van der Waals surface area (Å²) in [6, 6.07) is 11.6. The van der Waals surface area contributed by atoms with E-state index in [2.05, 4.69) is 10.3 Å². The third-order valence-corrected chi connectivity index (χ3v) is 8.31. The molecule has 7 nitrogen and oxygen atoms in total. The quantitative estimate of drug-likeness (QED) is 0.502. The summed E-state index contributed by atoms with van der Waals surface area (Å²) in [5.41, 5.74) is 2.63. The molecular weight excluding hydrogens is 495 g/mol. The van der Waals surface area contributed by atoms with Crippen molar-refractivity contribution >= 4 is 26.8 Å². The molecule has 36 heavy (non-hydrogen) atoms. The van der Waals surface area contributed by atoms with Gasteiger partial charge in [-0.1, -0.05) is 19.1 Å². The number of sulfone groups is 1. The first-order valence-electron chi connectivity index (χ1n) is 11.7. The summed E-state index contributed by atoms with van der Waals surface area (Å²) in [6.07, 6.45) is -5.19. The fraction of sp³-hybridized carbons (Fsp3) is 0.440. The number of hydrogen-bond donors (Lipinski definition) is 1. The van der Waals surface area contributed by atoms with Crippen LogP contribution in [0.1, 0.15) is 41.5 Å². The van der Waals surface area contributed by atoms with Gasteiger partial charge in [-0.2, -0.15) is 13.2 Å². The van der Waals surface area contributed by atoms with Crippen LogP contribution in [0.4, 0.5) is 13.2 Å². The summed E-state index contributed by atoms with van der Waals surface area (Å²) >= 11 is 0. The number of amides is 1. The second-order valence-corrected chi connectivity index (χ2v) is 11.3. The highest BCUT2D eigenvalue weighted by molar-refractivity contribution is 7.91. The molecule has 2 aromatic carbocycles. The van der Waals surface area contributed by atoms with Crippen molar-refractivity contribution < 1.29 is 31.1 Å². The first-order chi connectivity index (χ1) is 17.0. The highest BCUT2D eigenvalue weighted by Crippen LogP contribution is 2.33. The number of alkyl halides is 3. The Morgan fingerprint density at radius 2 is 1.89 bits per heavy atom. The lowest BCUT2D eigenvalue weighted by Gasteiger charge is -2.30. The van der Waals surface area contributed by atoms with Gasteiger partial charge in [-0.3, -0.25) is 4.79 Å². The molecule has 0 spiro atoms. The number of hydrogen-bond acceptors (Lipinski definition) is 5. The molecule has 1 N–H and O–H groups in total. The second kappa shape index (κ2) is 10.2. The number of aromatic nitrogens is 2. The van der Waals surface area contributed by atoms with Crippen LogP contribution in [0.3, 0.4) is 0 Å². The number of halogens is 3. The lowest BCUT2D eigenvalue weighted by Crippen LogP contribution is -2.38. The minimum atomic E-state index is -4.33. The molecule has 1 aliphatic rings. The third-order valence-electron chi connectivity index (χ3n) is 6.56. The van der Waals surface area contributed by atoms with Crippen LogP contribution in [-0.2, 0) is 34.6 Å². The van der Waals surface area contributed by atoms with E-state index in [1.54, 1.807) is 37.3 Å². The van der Waals surface area contributed by atoms with Crippen molar-refractivity contribution in [1.29, 1.82) is 0 Å². The van der Waals surface area contributed by atoms with Gasteiger partial charge in [-0.05, 0) is 54.7 Å². The van der Waals surface area contributed by atoms with E-state index < -0.39 is 22.1 Å². The van der Waals surface area contributed by atoms with Gasteiger partial charge in [0.25, 0.3) is 5.91 Å². The molecule has 3 aromatic rings. The van der Waals surface area contributed by atoms with E-state index in [1.165, 1.54) is 12.1 Å². The Kier molecular flexibility index (Phi) is 7.42. The summed E-state index contributed by atoms with van der Waals surface area (Å²) in [4.78, 5) is 17.6. The number of imidazole rings is 1. The average molecular weight is 524 g/mol. The topological polar surface area (TPSA) is 90.3 Å². The zero-order valence-electron chi connectivity index (χ0n) is 20.0. The van der Waals surface area contributed by atoms with Gasteiger partial charge in [0.1, 0.15) is 5.82 Å². The van der Waals surface area contributed by atoms with Crippen LogP contribution in [0.15, 0.2) is 47.4 Å². The van der Waals surface area contributed by atoms with Crippen LogP contribution in [0.25, 0.3) is 11.0 Å². The van der Waals surface area contributed by atoms with Gasteiger partial charge in [0, 0.05) is 25.6 Å². The molecule has 1 aliphatic heterocycles. The predicted octanol–water partition coefficient (Wildman–Crippen LogP) is 4.20. The summed E-state index contributed by atoms with van der Waals surface area (Å²) in [5.74, 6) is 0.394. The van der Waals surface area contributed by atoms with E-state index in [-0.39, 0.29) is 42.0 Å². The van der Waals surface area contributed by atoms with Crippen molar-refractivity contribution in [1.82, 2.24) is 14.9 Å². The summed E-state index contributed by atoms with van der Waals surface area (Å²) in [6.45, 7) is 1.85. The lowest BCUT2D eigenvalue weighted by atomic mass is 9.95. The van der Waals surface area contributed by atoms with Crippen molar-refractivity contribution in [2.24, 2.45) is 13.0 Å². The standard InChI is InChI=1S/C25H28F3N3O4S/c1-3-36(33,34)19-8-4-16(5-9-19)14-29-24(32)18-7-10-21-20(13-18)30-23(31(21)2)12-17-6-11-22(35-15-17)25(26,27)28/h4-5,7-10,13,17,22H,3,6,11-12,14-15H2,1-2H3,(H,29,32)/t17-,22+/m1/s1. The Morgan fingerprint density at radius 3 is 2.50 bits per heavy atom. The lowest BCUT2D eigenvalue weighted by molar-refractivity contribution is -0.235. The van der Waals surface area contributed by atoms with Gasteiger partial charge in [0.15, 0.2) is 15.9 Å². The zero-order valence-corrected chi connectivity index (χ0v) is 20.8. The van der Waals surface area contributed by atoms with Gasteiger partial charge in [-0.15, -0.1) is 0 Å². The van der Waals surface area contributed by atoms with Crippen LogP contribution < -0.4 is 5.32 Å². The highest BCUT2D eigenvalue weighted by atomic mass is 32.2. The number of fused-ring (bicyclic) bond motifs is 1. The largest absolute Gasteiger partial charge is 0.414 e. The number of carbonyl (C=O) groups is 1. The Balaban J connectivity index is 1.39. The molecule has 2 atom stereocenters. The van der Waals surface area contributed by atoms with Crippen LogP contribution in [-0.4, -0.2) is 48.5 Å². The highest BCUT2D eigenvalue weighted by Gasteiger charge is 2.43. The minimum absolute atomic E-state index is 0.0216. The van der Waals surface area contributed by atoms with Crippen molar-refractivity contribution in [2.75, 3.05) is 12.4 Å².